The first-order chi connectivity index (χ1) is 8.11. The van der Waals surface area contributed by atoms with Gasteiger partial charge in [0.25, 0.3) is 0 Å². The van der Waals surface area contributed by atoms with E-state index in [4.69, 9.17) is 5.73 Å². The van der Waals surface area contributed by atoms with Gasteiger partial charge in [-0.2, -0.15) is 0 Å². The largest absolute Gasteiger partial charge is 0.468 e. The lowest BCUT2D eigenvalue weighted by atomic mass is 10.4. The molecule has 0 aromatic carbocycles. The van der Waals surface area contributed by atoms with Crippen molar-refractivity contribution in [2.45, 2.75) is 17.3 Å². The summed E-state index contributed by atoms with van der Waals surface area (Å²) in [6, 6.07) is 3.53. The van der Waals surface area contributed by atoms with Crippen molar-refractivity contribution < 1.29 is 9.53 Å². The van der Waals surface area contributed by atoms with Crippen LogP contribution in [-0.2, 0) is 9.53 Å². The normalized spacial score (nSPS) is 12.6. The quantitative estimate of drug-likeness (QED) is 0.647. The van der Waals surface area contributed by atoms with Gasteiger partial charge in [-0.25, -0.2) is 0 Å². The van der Waals surface area contributed by atoms with E-state index >= 15 is 0 Å². The van der Waals surface area contributed by atoms with Crippen LogP contribution >= 0.6 is 11.8 Å². The third-order valence-corrected chi connectivity index (χ3v) is 3.24. The van der Waals surface area contributed by atoms with E-state index < -0.39 is 0 Å². The van der Waals surface area contributed by atoms with Crippen LogP contribution in [0.3, 0.4) is 0 Å². The van der Waals surface area contributed by atoms with E-state index in [0.717, 1.165) is 0 Å². The lowest BCUT2D eigenvalue weighted by Crippen LogP contribution is -2.15. The molecule has 2 N–H and O–H groups in total. The van der Waals surface area contributed by atoms with Gasteiger partial charge in [0.1, 0.15) is 5.25 Å². The van der Waals surface area contributed by atoms with Crippen LogP contribution < -0.4 is 5.73 Å². The summed E-state index contributed by atoms with van der Waals surface area (Å²) < 4.78 is 6.40. The second-order valence-corrected chi connectivity index (χ2v) is 4.76. The van der Waals surface area contributed by atoms with Crippen LogP contribution in [0.25, 0.3) is 5.65 Å². The molecule has 0 bridgehead atoms. The van der Waals surface area contributed by atoms with E-state index in [-0.39, 0.29) is 11.2 Å². The third-order valence-electron chi connectivity index (χ3n) is 2.21. The zero-order chi connectivity index (χ0) is 12.4. The number of carbonyl (C=O) groups excluding carboxylic acids is 1. The summed E-state index contributed by atoms with van der Waals surface area (Å²) in [5, 5.41) is 8.27. The molecule has 0 aliphatic rings. The topological polar surface area (TPSA) is 82.5 Å². The van der Waals surface area contributed by atoms with Crippen molar-refractivity contribution in [3.05, 3.63) is 18.3 Å². The van der Waals surface area contributed by atoms with Crippen LogP contribution in [0, 0.1) is 0 Å². The maximum Gasteiger partial charge on any atom is 0.318 e. The molecule has 2 aromatic heterocycles. The molecule has 0 amide bonds. The number of hydrogen-bond donors (Lipinski definition) is 1. The molecule has 2 aromatic rings. The van der Waals surface area contributed by atoms with Gasteiger partial charge < -0.3 is 10.5 Å². The molecule has 0 aliphatic heterocycles. The molecule has 0 fully saturated rings. The maximum atomic E-state index is 11.3. The Morgan fingerprint density at radius 3 is 3.00 bits per heavy atom. The molecular formula is C10H12N4O2S. The molecule has 0 radical (unpaired) electrons. The molecule has 2 heterocycles. The SMILES string of the molecule is COC(=O)C(C)Sc1nnc2ccc(N)cn12. The number of nitrogen functional groups attached to an aromatic ring is 1. The Labute approximate surface area is 102 Å². The van der Waals surface area contributed by atoms with Crippen LogP contribution in [0.1, 0.15) is 6.92 Å². The van der Waals surface area contributed by atoms with E-state index in [0.29, 0.717) is 16.5 Å². The van der Waals surface area contributed by atoms with Crippen LogP contribution in [-0.4, -0.2) is 32.9 Å². The number of nitrogens with zero attached hydrogens (tertiary/aromatic N) is 3. The summed E-state index contributed by atoms with van der Waals surface area (Å²) in [6.45, 7) is 1.75. The number of ether oxygens (including phenoxy) is 1. The highest BCUT2D eigenvalue weighted by atomic mass is 32.2. The first-order valence-electron chi connectivity index (χ1n) is 4.96. The summed E-state index contributed by atoms with van der Waals surface area (Å²) in [7, 11) is 1.36. The molecule has 90 valence electrons. The standard InChI is InChI=1S/C10H12N4O2S/c1-6(9(15)16-2)17-10-13-12-8-4-3-7(11)5-14(8)10/h3-6H,11H2,1-2H3. The first kappa shape index (κ1) is 11.7. The Balaban J connectivity index is 2.30. The fourth-order valence-corrected chi connectivity index (χ4v) is 2.20. The predicted molar refractivity (Wildman–Crippen MR) is 64.7 cm³/mol. The Morgan fingerprint density at radius 1 is 1.53 bits per heavy atom. The predicted octanol–water partition coefficient (Wildman–Crippen LogP) is 0.965. The summed E-state index contributed by atoms with van der Waals surface area (Å²) in [5.74, 6) is -0.296. The summed E-state index contributed by atoms with van der Waals surface area (Å²) >= 11 is 1.28. The lowest BCUT2D eigenvalue weighted by molar-refractivity contribution is -0.139. The molecule has 6 nitrogen and oxygen atoms in total. The summed E-state index contributed by atoms with van der Waals surface area (Å²) in [4.78, 5) is 11.3. The minimum atomic E-state index is -0.339. The molecule has 7 heteroatoms. The second kappa shape index (κ2) is 4.62. The fourth-order valence-electron chi connectivity index (χ4n) is 1.34. The number of hydrogen-bond acceptors (Lipinski definition) is 6. The van der Waals surface area contributed by atoms with Crippen molar-refractivity contribution in [3.63, 3.8) is 0 Å². The number of pyridine rings is 1. The Bertz CT molecular complexity index is 554. The lowest BCUT2D eigenvalue weighted by Gasteiger charge is -2.06. The molecule has 0 saturated heterocycles. The minimum absolute atomic E-state index is 0.296. The molecule has 0 aliphatic carbocycles. The molecule has 1 unspecified atom stereocenters. The number of aromatic nitrogens is 3. The van der Waals surface area contributed by atoms with Crippen molar-refractivity contribution in [1.82, 2.24) is 14.6 Å². The van der Waals surface area contributed by atoms with Crippen LogP contribution in [0.15, 0.2) is 23.5 Å². The first-order valence-corrected chi connectivity index (χ1v) is 5.84. The van der Waals surface area contributed by atoms with Gasteiger partial charge in [0.2, 0.25) is 0 Å². The van der Waals surface area contributed by atoms with Gasteiger partial charge in [-0.15, -0.1) is 10.2 Å². The van der Waals surface area contributed by atoms with Gasteiger partial charge >= 0.3 is 5.97 Å². The van der Waals surface area contributed by atoms with Crippen LogP contribution in [0.5, 0.6) is 0 Å². The molecule has 2 rings (SSSR count). The van der Waals surface area contributed by atoms with Gasteiger partial charge in [0.15, 0.2) is 10.8 Å². The van der Waals surface area contributed by atoms with Crippen molar-refractivity contribution >= 4 is 29.1 Å². The number of esters is 1. The number of thioether (sulfide) groups is 1. The van der Waals surface area contributed by atoms with E-state index in [9.17, 15) is 4.79 Å². The van der Waals surface area contributed by atoms with Crippen molar-refractivity contribution in [3.8, 4) is 0 Å². The monoisotopic (exact) mass is 252 g/mol. The van der Waals surface area contributed by atoms with Crippen molar-refractivity contribution in [1.29, 1.82) is 0 Å². The zero-order valence-electron chi connectivity index (χ0n) is 9.45. The van der Waals surface area contributed by atoms with E-state index in [1.54, 1.807) is 29.7 Å². The number of carbonyl (C=O) groups is 1. The van der Waals surface area contributed by atoms with Crippen LogP contribution in [0.2, 0.25) is 0 Å². The number of fused-ring (bicyclic) bond motifs is 1. The number of nitrogens with two attached hydrogens (primary N) is 1. The smallest absolute Gasteiger partial charge is 0.318 e. The molecule has 0 saturated carbocycles. The highest BCUT2D eigenvalue weighted by molar-refractivity contribution is 8.00. The van der Waals surface area contributed by atoms with Crippen molar-refractivity contribution in [2.24, 2.45) is 0 Å². The maximum absolute atomic E-state index is 11.3. The average Bonchev–Trinajstić information content (AvgIpc) is 2.71. The second-order valence-electron chi connectivity index (χ2n) is 3.46. The molecule has 0 spiro atoms. The Morgan fingerprint density at radius 2 is 2.29 bits per heavy atom. The Kier molecular flexibility index (Phi) is 3.19. The minimum Gasteiger partial charge on any atom is -0.468 e. The highest BCUT2D eigenvalue weighted by Crippen LogP contribution is 2.23. The number of rotatable bonds is 3. The fraction of sp³-hybridized carbons (Fsp3) is 0.300. The van der Waals surface area contributed by atoms with Gasteiger partial charge in [0.05, 0.1) is 7.11 Å². The van der Waals surface area contributed by atoms with Gasteiger partial charge in [-0.05, 0) is 19.1 Å². The van der Waals surface area contributed by atoms with E-state index in [2.05, 4.69) is 14.9 Å². The summed E-state index contributed by atoms with van der Waals surface area (Å²) in [6.07, 6.45) is 1.72. The molecule has 17 heavy (non-hydrogen) atoms. The average molecular weight is 252 g/mol. The number of methoxy groups -OCH3 is 1. The van der Waals surface area contributed by atoms with Crippen molar-refractivity contribution in [2.75, 3.05) is 12.8 Å². The summed E-state index contributed by atoms with van der Waals surface area (Å²) in [5.41, 5.74) is 7.00. The van der Waals surface area contributed by atoms with E-state index in [1.165, 1.54) is 18.9 Å². The Hall–Kier alpha value is -1.76. The van der Waals surface area contributed by atoms with Crippen LogP contribution in [0.4, 0.5) is 5.69 Å². The molecular weight excluding hydrogens is 240 g/mol. The van der Waals surface area contributed by atoms with Gasteiger partial charge in [0, 0.05) is 11.9 Å². The number of anilines is 1. The van der Waals surface area contributed by atoms with E-state index in [1.807, 2.05) is 0 Å². The van der Waals surface area contributed by atoms with Gasteiger partial charge in [-0.1, -0.05) is 11.8 Å². The third kappa shape index (κ3) is 2.33. The zero-order valence-corrected chi connectivity index (χ0v) is 10.3. The highest BCUT2D eigenvalue weighted by Gasteiger charge is 2.18. The van der Waals surface area contributed by atoms with Gasteiger partial charge in [-0.3, -0.25) is 9.20 Å². The molecule has 1 atom stereocenters.